The van der Waals surface area contributed by atoms with Crippen LogP contribution in [0.1, 0.15) is 39.0 Å². The summed E-state index contributed by atoms with van der Waals surface area (Å²) >= 11 is 5.56. The normalized spacial score (nSPS) is 41.7. The average molecular weight is 187 g/mol. The molecule has 2 saturated carbocycles. The van der Waals surface area contributed by atoms with Gasteiger partial charge in [0, 0.05) is 5.92 Å². The first-order chi connectivity index (χ1) is 5.64. The molecule has 0 amide bonds. The Hall–Kier alpha value is -0.0400. The molecule has 0 N–H and O–H groups in total. The summed E-state index contributed by atoms with van der Waals surface area (Å²) in [7, 11) is 0. The van der Waals surface area contributed by atoms with E-state index in [-0.39, 0.29) is 11.2 Å². The predicted molar refractivity (Wildman–Crippen MR) is 49.0 cm³/mol. The zero-order valence-corrected chi connectivity index (χ0v) is 8.23. The molecule has 0 spiro atoms. The molecular formula is C10H15ClO. The van der Waals surface area contributed by atoms with Gasteiger partial charge in [-0.3, -0.25) is 4.79 Å². The summed E-state index contributed by atoms with van der Waals surface area (Å²) < 4.78 is 0. The second-order valence-electron chi connectivity index (χ2n) is 4.54. The third kappa shape index (κ3) is 1.10. The van der Waals surface area contributed by atoms with E-state index in [1.165, 1.54) is 32.1 Å². The van der Waals surface area contributed by atoms with Crippen LogP contribution in [-0.4, -0.2) is 5.24 Å². The molecule has 2 rings (SSSR count). The molecule has 2 aliphatic rings. The van der Waals surface area contributed by atoms with Gasteiger partial charge in [0.05, 0.1) is 0 Å². The Balaban J connectivity index is 2.15. The van der Waals surface area contributed by atoms with Gasteiger partial charge in [-0.25, -0.2) is 0 Å². The summed E-state index contributed by atoms with van der Waals surface area (Å²) in [6.45, 7) is 2.00. The van der Waals surface area contributed by atoms with Crippen molar-refractivity contribution in [3.05, 3.63) is 0 Å². The molecule has 0 heterocycles. The smallest absolute Gasteiger partial charge is 0.224 e. The van der Waals surface area contributed by atoms with Crippen molar-refractivity contribution in [2.75, 3.05) is 0 Å². The van der Waals surface area contributed by atoms with E-state index in [1.807, 2.05) is 6.92 Å². The van der Waals surface area contributed by atoms with Crippen LogP contribution in [0.15, 0.2) is 0 Å². The maximum absolute atomic E-state index is 11.1. The van der Waals surface area contributed by atoms with Crippen LogP contribution in [-0.2, 0) is 4.79 Å². The van der Waals surface area contributed by atoms with Gasteiger partial charge in [-0.15, -0.1) is 0 Å². The first kappa shape index (κ1) is 8.55. The highest BCUT2D eigenvalue weighted by Gasteiger charge is 2.49. The Kier molecular flexibility index (Phi) is 1.95. The zero-order valence-electron chi connectivity index (χ0n) is 7.48. The fourth-order valence-electron chi connectivity index (χ4n) is 3.09. The van der Waals surface area contributed by atoms with Crippen molar-refractivity contribution in [3.63, 3.8) is 0 Å². The van der Waals surface area contributed by atoms with Gasteiger partial charge in [-0.1, -0.05) is 6.92 Å². The van der Waals surface area contributed by atoms with Gasteiger partial charge >= 0.3 is 0 Å². The molecule has 2 fully saturated rings. The predicted octanol–water partition coefficient (Wildman–Crippen LogP) is 2.97. The van der Waals surface area contributed by atoms with E-state index < -0.39 is 0 Å². The molecule has 0 aromatic carbocycles. The molecule has 2 bridgehead atoms. The first-order valence-corrected chi connectivity index (χ1v) is 5.21. The number of hydrogen-bond acceptors (Lipinski definition) is 1. The molecule has 1 atom stereocenters. The summed E-state index contributed by atoms with van der Waals surface area (Å²) in [5.41, 5.74) is 0.309. The fourth-order valence-corrected chi connectivity index (χ4v) is 3.32. The van der Waals surface area contributed by atoms with Crippen LogP contribution in [0, 0.1) is 17.3 Å². The van der Waals surface area contributed by atoms with E-state index in [4.69, 9.17) is 11.6 Å². The van der Waals surface area contributed by atoms with Crippen LogP contribution in [0.5, 0.6) is 0 Å². The topological polar surface area (TPSA) is 17.1 Å². The van der Waals surface area contributed by atoms with Crippen LogP contribution >= 0.6 is 11.6 Å². The van der Waals surface area contributed by atoms with Crippen molar-refractivity contribution in [1.82, 2.24) is 0 Å². The molecule has 68 valence electrons. The van der Waals surface area contributed by atoms with Gasteiger partial charge < -0.3 is 0 Å². The highest BCUT2D eigenvalue weighted by Crippen LogP contribution is 2.58. The lowest BCUT2D eigenvalue weighted by atomic mass is 9.74. The average Bonchev–Trinajstić information content (AvgIpc) is 2.62. The lowest BCUT2D eigenvalue weighted by molar-refractivity contribution is -0.118. The number of carbonyl (C=O) groups excluding carboxylic acids is 1. The Bertz CT molecular complexity index is 204. The second kappa shape index (κ2) is 2.73. The third-order valence-corrected chi connectivity index (χ3v) is 4.38. The van der Waals surface area contributed by atoms with Gasteiger partial charge in [-0.2, -0.15) is 0 Å². The molecule has 2 heteroatoms. The molecule has 0 aliphatic heterocycles. The molecule has 2 aliphatic carbocycles. The molecule has 0 radical (unpaired) electrons. The van der Waals surface area contributed by atoms with E-state index >= 15 is 0 Å². The molecule has 1 unspecified atom stereocenters. The van der Waals surface area contributed by atoms with E-state index in [1.54, 1.807) is 0 Å². The van der Waals surface area contributed by atoms with Crippen LogP contribution in [0.25, 0.3) is 0 Å². The van der Waals surface area contributed by atoms with Gasteiger partial charge in [0.1, 0.15) is 0 Å². The van der Waals surface area contributed by atoms with Crippen LogP contribution in [0.2, 0.25) is 0 Å². The maximum Gasteiger partial charge on any atom is 0.224 e. The highest BCUT2D eigenvalue weighted by molar-refractivity contribution is 6.64. The van der Waals surface area contributed by atoms with E-state index in [9.17, 15) is 4.79 Å². The highest BCUT2D eigenvalue weighted by atomic mass is 35.5. The van der Waals surface area contributed by atoms with Crippen molar-refractivity contribution in [2.45, 2.75) is 39.0 Å². The van der Waals surface area contributed by atoms with Crippen LogP contribution in [0.4, 0.5) is 0 Å². The summed E-state index contributed by atoms with van der Waals surface area (Å²) in [5, 5.41) is -0.127. The Morgan fingerprint density at radius 2 is 2.08 bits per heavy atom. The first-order valence-electron chi connectivity index (χ1n) is 4.83. The van der Waals surface area contributed by atoms with Gasteiger partial charge in [0.25, 0.3) is 0 Å². The summed E-state index contributed by atoms with van der Waals surface area (Å²) in [4.78, 5) is 11.1. The lowest BCUT2D eigenvalue weighted by Gasteiger charge is -2.30. The van der Waals surface area contributed by atoms with Crippen LogP contribution < -0.4 is 0 Å². The molecule has 0 saturated heterocycles. The lowest BCUT2D eigenvalue weighted by Crippen LogP contribution is -2.27. The van der Waals surface area contributed by atoms with E-state index in [2.05, 4.69) is 0 Å². The quantitative estimate of drug-likeness (QED) is 0.606. The van der Waals surface area contributed by atoms with Gasteiger partial charge in [0.15, 0.2) is 0 Å². The molecule has 0 aromatic heterocycles. The number of halogens is 1. The summed E-state index contributed by atoms with van der Waals surface area (Å²) in [5.74, 6) is 0.995. The number of carbonyl (C=O) groups is 1. The second-order valence-corrected chi connectivity index (χ2v) is 4.91. The fraction of sp³-hybridized carbons (Fsp3) is 0.900. The molecule has 12 heavy (non-hydrogen) atoms. The standard InChI is InChI=1S/C10H15ClO/c1-7(9(11)12)10-4-2-8(6-10)3-5-10/h7-8H,2-6H2,1H3. The van der Waals surface area contributed by atoms with Crippen LogP contribution in [0.3, 0.4) is 0 Å². The van der Waals surface area contributed by atoms with Crippen molar-refractivity contribution >= 4 is 16.8 Å². The van der Waals surface area contributed by atoms with Crippen molar-refractivity contribution in [2.24, 2.45) is 17.3 Å². The van der Waals surface area contributed by atoms with E-state index in [0.29, 0.717) is 5.41 Å². The SMILES string of the molecule is CC(C(=O)Cl)C12CCC(CC1)C2. The maximum atomic E-state index is 11.1. The summed E-state index contributed by atoms with van der Waals surface area (Å²) in [6, 6.07) is 0. The van der Waals surface area contributed by atoms with Gasteiger partial charge in [0.2, 0.25) is 5.24 Å². The molecule has 1 nitrogen and oxygen atoms in total. The van der Waals surface area contributed by atoms with Gasteiger partial charge in [-0.05, 0) is 55.0 Å². The van der Waals surface area contributed by atoms with Crippen molar-refractivity contribution in [3.8, 4) is 0 Å². The Morgan fingerprint density at radius 1 is 1.50 bits per heavy atom. The Labute approximate surface area is 78.5 Å². The molecule has 0 aromatic rings. The summed E-state index contributed by atoms with van der Waals surface area (Å²) in [6.07, 6.45) is 6.38. The minimum Gasteiger partial charge on any atom is -0.281 e. The van der Waals surface area contributed by atoms with Crippen molar-refractivity contribution in [1.29, 1.82) is 0 Å². The third-order valence-electron chi connectivity index (χ3n) is 4.06. The van der Waals surface area contributed by atoms with Crippen molar-refractivity contribution < 1.29 is 4.79 Å². The minimum absolute atomic E-state index is 0.0895. The largest absolute Gasteiger partial charge is 0.281 e. The van der Waals surface area contributed by atoms with E-state index in [0.717, 1.165) is 5.92 Å². The molecular weight excluding hydrogens is 172 g/mol. The minimum atomic E-state index is -0.127. The zero-order chi connectivity index (χ0) is 8.77. The number of fused-ring (bicyclic) bond motifs is 2. The number of hydrogen-bond donors (Lipinski definition) is 0. The number of rotatable bonds is 2. The monoisotopic (exact) mass is 186 g/mol. The Morgan fingerprint density at radius 3 is 2.42 bits per heavy atom.